The summed E-state index contributed by atoms with van der Waals surface area (Å²) in [5, 5.41) is 17.5. The second kappa shape index (κ2) is 19.7. The van der Waals surface area contributed by atoms with Crippen LogP contribution in [0.3, 0.4) is 0 Å². The molecular formula is C34H55N7O7. The van der Waals surface area contributed by atoms with Crippen LogP contribution in [-0.2, 0) is 25.6 Å². The highest BCUT2D eigenvalue weighted by molar-refractivity contribution is 5.89. The molecule has 2 aromatic rings. The first-order valence-corrected chi connectivity index (χ1v) is 16.6. The molecule has 5 amide bonds. The molecule has 2 rings (SSSR count). The van der Waals surface area contributed by atoms with Gasteiger partial charge in [-0.05, 0) is 79.4 Å². The van der Waals surface area contributed by atoms with Crippen LogP contribution in [0.5, 0.6) is 0 Å². The van der Waals surface area contributed by atoms with E-state index in [9.17, 15) is 24.3 Å². The van der Waals surface area contributed by atoms with E-state index in [0.29, 0.717) is 32.6 Å². The van der Waals surface area contributed by atoms with Gasteiger partial charge in [0, 0.05) is 57.0 Å². The highest BCUT2D eigenvalue weighted by atomic mass is 16.7. The number of benzene rings is 1. The number of para-hydroxylation sites is 1. The van der Waals surface area contributed by atoms with Gasteiger partial charge in [-0.3, -0.25) is 20.0 Å². The molecule has 0 fully saturated rings. The fraction of sp³-hybridized carbons (Fsp3) is 0.618. The minimum absolute atomic E-state index is 0.173. The highest BCUT2D eigenvalue weighted by Gasteiger charge is 2.34. The fourth-order valence-corrected chi connectivity index (χ4v) is 5.37. The van der Waals surface area contributed by atoms with Gasteiger partial charge in [0.2, 0.25) is 11.8 Å². The Morgan fingerprint density at radius 2 is 1.67 bits per heavy atom. The first-order chi connectivity index (χ1) is 22.7. The number of carboxylic acid groups (broad SMARTS) is 1. The average molecular weight is 674 g/mol. The fourth-order valence-electron chi connectivity index (χ4n) is 5.37. The molecule has 0 spiro atoms. The van der Waals surface area contributed by atoms with Crippen LogP contribution in [0.2, 0.25) is 0 Å². The van der Waals surface area contributed by atoms with Crippen molar-refractivity contribution in [3.05, 3.63) is 42.1 Å². The van der Waals surface area contributed by atoms with Crippen LogP contribution in [0.4, 0.5) is 9.59 Å². The van der Waals surface area contributed by atoms with Gasteiger partial charge in [0.1, 0.15) is 6.04 Å². The number of carbonyl (C=O) groups is 4. The Morgan fingerprint density at radius 3 is 2.27 bits per heavy atom. The van der Waals surface area contributed by atoms with E-state index in [2.05, 4.69) is 21.0 Å². The first-order valence-electron chi connectivity index (χ1n) is 16.6. The van der Waals surface area contributed by atoms with E-state index < -0.39 is 41.9 Å². The van der Waals surface area contributed by atoms with Gasteiger partial charge in [0.15, 0.2) is 6.29 Å². The SMILES string of the molecule is CCNC(=O)NN(C)CC(=O)N[C@@H](CCCCN(C(=O)O)C(C)(C)C)C(=O)N(Cc1cccc2cccnc12)[C@@H](C)C(OCC)OCC. The summed E-state index contributed by atoms with van der Waals surface area (Å²) in [5.74, 6) is -0.821. The monoisotopic (exact) mass is 673 g/mol. The molecule has 0 aliphatic carbocycles. The average Bonchev–Trinajstić information content (AvgIpc) is 3.01. The van der Waals surface area contributed by atoms with Crippen LogP contribution in [0, 0.1) is 0 Å². The van der Waals surface area contributed by atoms with Gasteiger partial charge in [-0.1, -0.05) is 24.3 Å². The van der Waals surface area contributed by atoms with Crippen LogP contribution >= 0.6 is 0 Å². The van der Waals surface area contributed by atoms with Crippen molar-refractivity contribution in [2.24, 2.45) is 0 Å². The summed E-state index contributed by atoms with van der Waals surface area (Å²) in [6.07, 6.45) is 1.14. The largest absolute Gasteiger partial charge is 0.465 e. The number of rotatable bonds is 19. The number of unbranched alkanes of at least 4 members (excludes halogenated alkanes) is 1. The molecule has 1 aromatic heterocycles. The molecule has 0 aliphatic rings. The van der Waals surface area contributed by atoms with E-state index >= 15 is 0 Å². The molecule has 0 saturated carbocycles. The van der Waals surface area contributed by atoms with Gasteiger partial charge >= 0.3 is 12.1 Å². The van der Waals surface area contributed by atoms with E-state index in [1.807, 2.05) is 71.9 Å². The number of ether oxygens (including phenoxy) is 2. The molecule has 0 aliphatic heterocycles. The number of urea groups is 1. The number of aromatic nitrogens is 1. The Kier molecular flexibility index (Phi) is 16.5. The number of carbonyl (C=O) groups excluding carboxylic acids is 3. The smallest absolute Gasteiger partial charge is 0.407 e. The maximum Gasteiger partial charge on any atom is 0.407 e. The normalized spacial score (nSPS) is 12.9. The zero-order chi connectivity index (χ0) is 35.9. The Hall–Kier alpha value is -4.01. The summed E-state index contributed by atoms with van der Waals surface area (Å²) in [7, 11) is 1.55. The Balaban J connectivity index is 2.43. The first kappa shape index (κ1) is 40.2. The summed E-state index contributed by atoms with van der Waals surface area (Å²) in [6.45, 7) is 14.2. The predicted molar refractivity (Wildman–Crippen MR) is 184 cm³/mol. The van der Waals surface area contributed by atoms with Gasteiger partial charge in [-0.15, -0.1) is 0 Å². The number of likely N-dealkylation sites (N-methyl/N-ethyl adjacent to an activating group) is 1. The molecule has 2 atom stereocenters. The molecule has 4 N–H and O–H groups in total. The van der Waals surface area contributed by atoms with Gasteiger partial charge < -0.3 is 35.0 Å². The molecular weight excluding hydrogens is 618 g/mol. The van der Waals surface area contributed by atoms with Gasteiger partial charge in [0.25, 0.3) is 0 Å². The van der Waals surface area contributed by atoms with E-state index in [4.69, 9.17) is 9.47 Å². The van der Waals surface area contributed by atoms with E-state index in [-0.39, 0.29) is 32.0 Å². The summed E-state index contributed by atoms with van der Waals surface area (Å²) in [4.78, 5) is 59.4. The van der Waals surface area contributed by atoms with Crippen molar-refractivity contribution in [1.82, 2.24) is 35.9 Å². The van der Waals surface area contributed by atoms with Crippen LogP contribution in [0.25, 0.3) is 10.9 Å². The van der Waals surface area contributed by atoms with Crippen LogP contribution in [-0.4, -0.2) is 113 Å². The standard InChI is InChI=1S/C34H55N7O7/c1-9-35-32(44)38-39(8)23-28(42)37-27(19-12-13-21-41(33(45)46)34(5,6)7)30(43)40(24(4)31(47-10-2)48-11-3)22-26-17-14-16-25-18-15-20-36-29(25)26/h14-18,20,24,27,31H,9-13,19,21-23H2,1-8H3,(H,37,42)(H,45,46)(H2,35,38,44)/t24-,27-/m0/s1. The van der Waals surface area contributed by atoms with E-state index in [1.54, 1.807) is 25.1 Å². The van der Waals surface area contributed by atoms with E-state index in [1.165, 1.54) is 9.91 Å². The maximum atomic E-state index is 14.6. The number of hydrogen-bond donors (Lipinski definition) is 4. The lowest BCUT2D eigenvalue weighted by Crippen LogP contribution is -2.56. The Morgan fingerprint density at radius 1 is 1.00 bits per heavy atom. The minimum atomic E-state index is -1.02. The highest BCUT2D eigenvalue weighted by Crippen LogP contribution is 2.23. The number of pyridine rings is 1. The van der Waals surface area contributed by atoms with E-state index in [0.717, 1.165) is 16.5 Å². The van der Waals surface area contributed by atoms with Crippen molar-refractivity contribution in [2.45, 2.75) is 98.2 Å². The molecule has 14 heteroatoms. The topological polar surface area (TPSA) is 166 Å². The molecule has 1 aromatic carbocycles. The molecule has 48 heavy (non-hydrogen) atoms. The van der Waals surface area contributed by atoms with Gasteiger partial charge in [-0.2, -0.15) is 0 Å². The quantitative estimate of drug-likeness (QED) is 0.0982. The summed E-state index contributed by atoms with van der Waals surface area (Å²) >= 11 is 0. The number of hydrazine groups is 1. The second-order valence-electron chi connectivity index (χ2n) is 12.5. The number of fused-ring (bicyclic) bond motifs is 1. The van der Waals surface area contributed by atoms with Crippen LogP contribution in [0.1, 0.15) is 73.3 Å². The molecule has 0 saturated heterocycles. The zero-order valence-electron chi connectivity index (χ0n) is 29.7. The van der Waals surface area contributed by atoms with Crippen molar-refractivity contribution in [2.75, 3.05) is 39.9 Å². The zero-order valence-corrected chi connectivity index (χ0v) is 29.7. The second-order valence-corrected chi connectivity index (χ2v) is 12.5. The van der Waals surface area contributed by atoms with Crippen molar-refractivity contribution in [1.29, 1.82) is 0 Å². The van der Waals surface area contributed by atoms with Crippen LogP contribution < -0.4 is 16.1 Å². The third-order valence-electron chi connectivity index (χ3n) is 7.70. The minimum Gasteiger partial charge on any atom is -0.465 e. The van der Waals surface area contributed by atoms with Crippen molar-refractivity contribution in [3.8, 4) is 0 Å². The summed E-state index contributed by atoms with van der Waals surface area (Å²) in [6, 6.07) is 7.62. The Labute approximate surface area is 284 Å². The summed E-state index contributed by atoms with van der Waals surface area (Å²) in [5.41, 5.74) is 3.54. The molecule has 0 radical (unpaired) electrons. The van der Waals surface area contributed by atoms with Crippen molar-refractivity contribution >= 4 is 34.8 Å². The van der Waals surface area contributed by atoms with Crippen molar-refractivity contribution in [3.63, 3.8) is 0 Å². The third-order valence-corrected chi connectivity index (χ3v) is 7.70. The lowest BCUT2D eigenvalue weighted by molar-refractivity contribution is -0.179. The van der Waals surface area contributed by atoms with Gasteiger partial charge in [-0.25, -0.2) is 14.6 Å². The lowest BCUT2D eigenvalue weighted by Gasteiger charge is -2.37. The third kappa shape index (κ3) is 12.5. The summed E-state index contributed by atoms with van der Waals surface area (Å²) < 4.78 is 11.8. The number of nitrogens with zero attached hydrogens (tertiary/aromatic N) is 4. The molecule has 1 heterocycles. The lowest BCUT2D eigenvalue weighted by atomic mass is 10.0. The van der Waals surface area contributed by atoms with Crippen LogP contribution in [0.15, 0.2) is 36.5 Å². The molecule has 0 unspecified atom stereocenters. The Bertz CT molecular complexity index is 1330. The number of amides is 5. The molecule has 0 bridgehead atoms. The predicted octanol–water partition coefficient (Wildman–Crippen LogP) is 3.95. The van der Waals surface area contributed by atoms with Gasteiger partial charge in [0.05, 0.1) is 18.1 Å². The molecule has 268 valence electrons. The number of nitrogens with one attached hydrogen (secondary N) is 3. The maximum absolute atomic E-state index is 14.6. The molecule has 14 nitrogen and oxygen atoms in total. The van der Waals surface area contributed by atoms with Crippen molar-refractivity contribution < 1.29 is 33.8 Å². The number of hydrogen-bond acceptors (Lipinski definition) is 8.